The Bertz CT molecular complexity index is 231. The fourth-order valence-electron chi connectivity index (χ4n) is 1.04. The standard InChI is InChI=1S/C6H7N3S/c7-6-9-3-2-8-5(9)1-4-10-6/h1,4,7H,2-3H2. The van der Waals surface area contributed by atoms with Crippen molar-refractivity contribution >= 4 is 22.8 Å². The number of nitrogens with one attached hydrogen (secondary N) is 1. The highest BCUT2D eigenvalue weighted by atomic mass is 32.2. The molecule has 0 amide bonds. The van der Waals surface area contributed by atoms with Crippen LogP contribution in [-0.4, -0.2) is 29.0 Å². The minimum atomic E-state index is 0.596. The summed E-state index contributed by atoms with van der Waals surface area (Å²) in [6, 6.07) is 0. The van der Waals surface area contributed by atoms with Crippen LogP contribution >= 0.6 is 11.8 Å². The first-order valence-electron chi connectivity index (χ1n) is 3.12. The predicted octanol–water partition coefficient (Wildman–Crippen LogP) is 0.896. The van der Waals surface area contributed by atoms with E-state index in [1.54, 1.807) is 0 Å². The second-order valence-electron chi connectivity index (χ2n) is 2.12. The summed E-state index contributed by atoms with van der Waals surface area (Å²) in [6.07, 6.45) is 1.95. The molecule has 3 nitrogen and oxygen atoms in total. The second-order valence-corrected chi connectivity index (χ2v) is 3.01. The molecule has 52 valence electrons. The van der Waals surface area contributed by atoms with E-state index in [2.05, 4.69) is 4.99 Å². The van der Waals surface area contributed by atoms with Crippen molar-refractivity contribution in [3.63, 3.8) is 0 Å². The minimum absolute atomic E-state index is 0.596. The molecule has 0 bridgehead atoms. The highest BCUT2D eigenvalue weighted by Crippen LogP contribution is 2.18. The van der Waals surface area contributed by atoms with Gasteiger partial charge in [0.15, 0.2) is 5.17 Å². The van der Waals surface area contributed by atoms with E-state index in [9.17, 15) is 0 Å². The average molecular weight is 153 g/mol. The Kier molecular flexibility index (Phi) is 1.27. The van der Waals surface area contributed by atoms with E-state index < -0.39 is 0 Å². The molecule has 0 unspecified atom stereocenters. The van der Waals surface area contributed by atoms with E-state index in [0.29, 0.717) is 5.17 Å². The molecule has 0 atom stereocenters. The number of hydrogen-bond donors (Lipinski definition) is 1. The predicted molar refractivity (Wildman–Crippen MR) is 43.5 cm³/mol. The van der Waals surface area contributed by atoms with Gasteiger partial charge in [-0.25, -0.2) is 0 Å². The Balaban J connectivity index is 2.34. The van der Waals surface area contributed by atoms with Gasteiger partial charge in [-0.05, 0) is 11.5 Å². The first-order chi connectivity index (χ1) is 4.88. The summed E-state index contributed by atoms with van der Waals surface area (Å²) in [4.78, 5) is 6.13. The lowest BCUT2D eigenvalue weighted by Gasteiger charge is -2.20. The molecular formula is C6H7N3S. The van der Waals surface area contributed by atoms with Crippen molar-refractivity contribution in [2.45, 2.75) is 0 Å². The van der Waals surface area contributed by atoms with Crippen molar-refractivity contribution in [2.24, 2.45) is 4.99 Å². The van der Waals surface area contributed by atoms with Crippen LogP contribution in [0.1, 0.15) is 0 Å². The van der Waals surface area contributed by atoms with Crippen molar-refractivity contribution in [1.29, 1.82) is 5.41 Å². The molecular weight excluding hydrogens is 146 g/mol. The van der Waals surface area contributed by atoms with E-state index in [0.717, 1.165) is 18.9 Å². The van der Waals surface area contributed by atoms with Gasteiger partial charge in [0, 0.05) is 6.54 Å². The van der Waals surface area contributed by atoms with Crippen molar-refractivity contribution in [2.75, 3.05) is 13.1 Å². The molecule has 2 aliphatic rings. The van der Waals surface area contributed by atoms with Crippen LogP contribution in [0, 0.1) is 5.41 Å². The van der Waals surface area contributed by atoms with Gasteiger partial charge in [-0.1, -0.05) is 11.8 Å². The van der Waals surface area contributed by atoms with Crippen molar-refractivity contribution in [3.8, 4) is 0 Å². The van der Waals surface area contributed by atoms with E-state index in [4.69, 9.17) is 5.41 Å². The summed E-state index contributed by atoms with van der Waals surface area (Å²) in [5, 5.41) is 9.97. The molecule has 1 N–H and O–H groups in total. The topological polar surface area (TPSA) is 39.5 Å². The Hall–Kier alpha value is -0.770. The molecule has 2 heterocycles. The lowest BCUT2D eigenvalue weighted by atomic mass is 10.5. The van der Waals surface area contributed by atoms with E-state index >= 15 is 0 Å². The third-order valence-electron chi connectivity index (χ3n) is 1.52. The third kappa shape index (κ3) is 0.759. The summed E-state index contributed by atoms with van der Waals surface area (Å²) >= 11 is 1.44. The molecule has 0 saturated carbocycles. The summed E-state index contributed by atoms with van der Waals surface area (Å²) in [6.45, 7) is 1.72. The zero-order valence-corrected chi connectivity index (χ0v) is 6.19. The first kappa shape index (κ1) is 5.97. The smallest absolute Gasteiger partial charge is 0.166 e. The van der Waals surface area contributed by atoms with Gasteiger partial charge in [0.05, 0.1) is 6.54 Å². The Morgan fingerprint density at radius 3 is 3.40 bits per heavy atom. The van der Waals surface area contributed by atoms with Crippen molar-refractivity contribution in [3.05, 3.63) is 11.5 Å². The minimum Gasteiger partial charge on any atom is -0.304 e. The molecule has 0 spiro atoms. The lowest BCUT2D eigenvalue weighted by Crippen LogP contribution is -2.32. The van der Waals surface area contributed by atoms with Crippen LogP contribution in [0.4, 0.5) is 0 Å². The van der Waals surface area contributed by atoms with Crippen LogP contribution in [0.25, 0.3) is 0 Å². The van der Waals surface area contributed by atoms with Gasteiger partial charge >= 0.3 is 0 Å². The van der Waals surface area contributed by atoms with Crippen LogP contribution < -0.4 is 0 Å². The number of fused-ring (bicyclic) bond motifs is 1. The van der Waals surface area contributed by atoms with Gasteiger partial charge < -0.3 is 4.90 Å². The van der Waals surface area contributed by atoms with Crippen LogP contribution in [0.5, 0.6) is 0 Å². The third-order valence-corrected chi connectivity index (χ3v) is 2.23. The van der Waals surface area contributed by atoms with Crippen LogP contribution in [-0.2, 0) is 0 Å². The number of amidine groups is 2. The molecule has 0 fully saturated rings. The summed E-state index contributed by atoms with van der Waals surface area (Å²) in [7, 11) is 0. The molecule has 0 radical (unpaired) electrons. The highest BCUT2D eigenvalue weighted by Gasteiger charge is 2.21. The maximum absolute atomic E-state index is 7.47. The summed E-state index contributed by atoms with van der Waals surface area (Å²) in [5.74, 6) is 0.948. The molecule has 0 saturated heterocycles. The molecule has 10 heavy (non-hydrogen) atoms. The van der Waals surface area contributed by atoms with Gasteiger partial charge in [-0.3, -0.25) is 10.4 Å². The quantitative estimate of drug-likeness (QED) is 0.561. The van der Waals surface area contributed by atoms with Gasteiger partial charge in [0.25, 0.3) is 0 Å². The normalized spacial score (nSPS) is 23.0. The number of thioether (sulfide) groups is 1. The number of hydrogen-bond acceptors (Lipinski definition) is 3. The van der Waals surface area contributed by atoms with E-state index in [-0.39, 0.29) is 0 Å². The first-order valence-corrected chi connectivity index (χ1v) is 3.99. The zero-order chi connectivity index (χ0) is 6.97. The number of rotatable bonds is 0. The Labute approximate surface area is 63.3 Å². The van der Waals surface area contributed by atoms with Crippen LogP contribution in [0.15, 0.2) is 16.5 Å². The van der Waals surface area contributed by atoms with Crippen molar-refractivity contribution in [1.82, 2.24) is 4.90 Å². The molecule has 2 aliphatic heterocycles. The largest absolute Gasteiger partial charge is 0.304 e. The van der Waals surface area contributed by atoms with Gasteiger partial charge in [-0.2, -0.15) is 0 Å². The van der Waals surface area contributed by atoms with Crippen LogP contribution in [0.2, 0.25) is 0 Å². The second kappa shape index (κ2) is 2.12. The maximum Gasteiger partial charge on any atom is 0.166 e. The van der Waals surface area contributed by atoms with Crippen molar-refractivity contribution < 1.29 is 0 Å². The fraction of sp³-hybridized carbons (Fsp3) is 0.333. The SMILES string of the molecule is N=C1SC=CC2=NCCN12. The molecule has 4 heteroatoms. The van der Waals surface area contributed by atoms with Gasteiger partial charge in [-0.15, -0.1) is 0 Å². The van der Waals surface area contributed by atoms with E-state index in [1.807, 2.05) is 16.4 Å². The molecule has 0 aromatic rings. The van der Waals surface area contributed by atoms with Gasteiger partial charge in [0.2, 0.25) is 0 Å². The molecule has 2 rings (SSSR count). The molecule has 0 aliphatic carbocycles. The lowest BCUT2D eigenvalue weighted by molar-refractivity contribution is 0.675. The Morgan fingerprint density at radius 1 is 1.70 bits per heavy atom. The molecule has 0 aromatic heterocycles. The summed E-state index contributed by atoms with van der Waals surface area (Å²) < 4.78 is 0. The van der Waals surface area contributed by atoms with Crippen LogP contribution in [0.3, 0.4) is 0 Å². The number of nitrogens with zero attached hydrogens (tertiary/aromatic N) is 2. The van der Waals surface area contributed by atoms with Gasteiger partial charge in [0.1, 0.15) is 5.84 Å². The maximum atomic E-state index is 7.47. The highest BCUT2D eigenvalue weighted by molar-refractivity contribution is 8.16. The number of aliphatic imine (C=N–C) groups is 1. The van der Waals surface area contributed by atoms with E-state index in [1.165, 1.54) is 11.8 Å². The zero-order valence-electron chi connectivity index (χ0n) is 5.37. The monoisotopic (exact) mass is 153 g/mol. The Morgan fingerprint density at radius 2 is 2.60 bits per heavy atom. The fourth-order valence-corrected chi connectivity index (χ4v) is 1.67. The summed E-state index contributed by atoms with van der Waals surface area (Å²) in [5.41, 5.74) is 0. The molecule has 0 aromatic carbocycles. The average Bonchev–Trinajstić information content (AvgIpc) is 2.36.